The molecular formula is C17H19NO5S2. The van der Waals surface area contributed by atoms with E-state index in [4.69, 9.17) is 4.74 Å². The van der Waals surface area contributed by atoms with Gasteiger partial charge in [0.25, 0.3) is 10.0 Å². The summed E-state index contributed by atoms with van der Waals surface area (Å²) < 4.78 is 37.7. The molecule has 6 nitrogen and oxygen atoms in total. The van der Waals surface area contributed by atoms with E-state index in [2.05, 4.69) is 4.74 Å². The summed E-state index contributed by atoms with van der Waals surface area (Å²) in [4.78, 5) is 11.5. The summed E-state index contributed by atoms with van der Waals surface area (Å²) in [7, 11) is -0.927. The van der Waals surface area contributed by atoms with Gasteiger partial charge in [0.15, 0.2) is 0 Å². The third kappa shape index (κ3) is 3.29. The van der Waals surface area contributed by atoms with Gasteiger partial charge in [0.05, 0.1) is 18.7 Å². The van der Waals surface area contributed by atoms with Crippen molar-refractivity contribution in [1.29, 1.82) is 0 Å². The van der Waals surface area contributed by atoms with Gasteiger partial charge in [-0.2, -0.15) is 4.31 Å². The summed E-state index contributed by atoms with van der Waals surface area (Å²) in [5, 5.41) is 1.49. The van der Waals surface area contributed by atoms with E-state index in [1.54, 1.807) is 0 Å². The predicted octanol–water partition coefficient (Wildman–Crippen LogP) is 2.55. The minimum Gasteiger partial charge on any atom is -0.488 e. The minimum atomic E-state index is -3.72. The summed E-state index contributed by atoms with van der Waals surface area (Å²) in [6, 6.07) is 8.69. The zero-order valence-corrected chi connectivity index (χ0v) is 15.8. The van der Waals surface area contributed by atoms with E-state index in [0.717, 1.165) is 22.6 Å². The Morgan fingerprint density at radius 2 is 2.12 bits per heavy atom. The summed E-state index contributed by atoms with van der Waals surface area (Å²) in [6.45, 7) is 1.82. The van der Waals surface area contributed by atoms with Gasteiger partial charge in [0.2, 0.25) is 0 Å². The van der Waals surface area contributed by atoms with E-state index in [9.17, 15) is 13.2 Å². The highest BCUT2D eigenvalue weighted by Crippen LogP contribution is 2.32. The number of ether oxygens (including phenoxy) is 2. The first-order valence-electron chi connectivity index (χ1n) is 7.74. The Kier molecular flexibility index (Phi) is 4.86. The highest BCUT2D eigenvalue weighted by atomic mass is 32.2. The van der Waals surface area contributed by atoms with Gasteiger partial charge >= 0.3 is 5.97 Å². The standard InChI is InChI=1S/C17H19NO5S2/c1-11(15-8-12-6-4-5-7-14(12)23-15)18(2)25(20,21)16-9-13(10-24-16)17(19)22-3/h4-7,9-11,15H,8H2,1-3H3. The maximum Gasteiger partial charge on any atom is 0.338 e. The Labute approximate surface area is 151 Å². The highest BCUT2D eigenvalue weighted by Gasteiger charge is 2.36. The lowest BCUT2D eigenvalue weighted by Gasteiger charge is -2.28. The fraction of sp³-hybridized carbons (Fsp3) is 0.353. The van der Waals surface area contributed by atoms with Crippen LogP contribution in [-0.4, -0.2) is 45.0 Å². The van der Waals surface area contributed by atoms with Gasteiger partial charge in [-0.15, -0.1) is 11.3 Å². The fourth-order valence-corrected chi connectivity index (χ4v) is 5.47. The Balaban J connectivity index is 1.78. The highest BCUT2D eigenvalue weighted by molar-refractivity contribution is 7.91. The van der Waals surface area contributed by atoms with Crippen LogP contribution in [-0.2, 0) is 21.2 Å². The van der Waals surface area contributed by atoms with Gasteiger partial charge in [-0.3, -0.25) is 0 Å². The van der Waals surface area contributed by atoms with Crippen LogP contribution in [0.2, 0.25) is 0 Å². The Hall–Kier alpha value is -1.90. The van der Waals surface area contributed by atoms with Crippen LogP contribution in [0.4, 0.5) is 0 Å². The maximum absolute atomic E-state index is 12.9. The third-order valence-electron chi connectivity index (χ3n) is 4.41. The van der Waals surface area contributed by atoms with E-state index >= 15 is 0 Å². The molecule has 0 N–H and O–H groups in total. The van der Waals surface area contributed by atoms with Crippen molar-refractivity contribution in [2.75, 3.05) is 14.2 Å². The molecule has 2 aromatic rings. The zero-order chi connectivity index (χ0) is 18.2. The summed E-state index contributed by atoms with van der Waals surface area (Å²) in [5.74, 6) is 0.247. The second-order valence-corrected chi connectivity index (χ2v) is 9.01. The molecule has 2 unspecified atom stereocenters. The van der Waals surface area contributed by atoms with Crippen LogP contribution < -0.4 is 4.74 Å². The summed E-state index contributed by atoms with van der Waals surface area (Å²) in [5.41, 5.74) is 1.31. The van der Waals surface area contributed by atoms with Crippen molar-refractivity contribution in [2.24, 2.45) is 0 Å². The first-order chi connectivity index (χ1) is 11.8. The molecular weight excluding hydrogens is 362 g/mol. The van der Waals surface area contributed by atoms with Gasteiger partial charge < -0.3 is 9.47 Å². The molecule has 25 heavy (non-hydrogen) atoms. The van der Waals surface area contributed by atoms with E-state index in [0.29, 0.717) is 6.42 Å². The second-order valence-electron chi connectivity index (χ2n) is 5.88. The molecule has 134 valence electrons. The lowest BCUT2D eigenvalue weighted by atomic mass is 10.1. The molecule has 0 spiro atoms. The SMILES string of the molecule is COC(=O)c1csc(S(=O)(=O)N(C)C(C)C2Cc3ccccc3O2)c1. The third-order valence-corrected chi connectivity index (χ3v) is 7.77. The topological polar surface area (TPSA) is 72.9 Å². The number of carbonyl (C=O) groups is 1. The molecule has 1 aromatic carbocycles. The maximum atomic E-state index is 12.9. The van der Waals surface area contributed by atoms with E-state index < -0.39 is 16.0 Å². The molecule has 2 atom stereocenters. The number of hydrogen-bond acceptors (Lipinski definition) is 6. The number of benzene rings is 1. The van der Waals surface area contributed by atoms with Crippen LogP contribution in [0.15, 0.2) is 39.9 Å². The molecule has 2 heterocycles. The van der Waals surface area contributed by atoms with Crippen molar-refractivity contribution in [2.45, 2.75) is 29.7 Å². The number of para-hydroxylation sites is 1. The number of sulfonamides is 1. The van der Waals surface area contributed by atoms with Gasteiger partial charge in [-0.25, -0.2) is 13.2 Å². The fourth-order valence-electron chi connectivity index (χ4n) is 2.75. The lowest BCUT2D eigenvalue weighted by molar-refractivity contribution is 0.0601. The number of likely N-dealkylation sites (N-methyl/N-ethyl adjacent to an activating group) is 1. The normalized spacial score (nSPS) is 17.8. The number of rotatable bonds is 5. The van der Waals surface area contributed by atoms with Crippen LogP contribution in [0.5, 0.6) is 5.75 Å². The van der Waals surface area contributed by atoms with Crippen molar-refractivity contribution in [3.05, 3.63) is 46.8 Å². The number of thiophene rings is 1. The van der Waals surface area contributed by atoms with E-state index in [-0.39, 0.29) is 21.9 Å². The summed E-state index contributed by atoms with van der Waals surface area (Å²) >= 11 is 1.00. The van der Waals surface area contributed by atoms with Crippen LogP contribution >= 0.6 is 11.3 Å². The predicted molar refractivity (Wildman–Crippen MR) is 94.6 cm³/mol. The molecule has 0 amide bonds. The first-order valence-corrected chi connectivity index (χ1v) is 10.1. The zero-order valence-electron chi connectivity index (χ0n) is 14.1. The largest absolute Gasteiger partial charge is 0.488 e. The number of hydrogen-bond donors (Lipinski definition) is 0. The Morgan fingerprint density at radius 3 is 2.80 bits per heavy atom. The van der Waals surface area contributed by atoms with Crippen molar-refractivity contribution in [3.8, 4) is 5.75 Å². The Morgan fingerprint density at radius 1 is 1.40 bits per heavy atom. The van der Waals surface area contributed by atoms with Gasteiger partial charge in [0.1, 0.15) is 16.1 Å². The number of methoxy groups -OCH3 is 1. The number of fused-ring (bicyclic) bond motifs is 1. The smallest absolute Gasteiger partial charge is 0.338 e. The lowest BCUT2D eigenvalue weighted by Crippen LogP contribution is -2.44. The molecule has 0 saturated carbocycles. The molecule has 0 fully saturated rings. The molecule has 3 rings (SSSR count). The molecule has 0 radical (unpaired) electrons. The van der Waals surface area contributed by atoms with Crippen LogP contribution in [0.1, 0.15) is 22.8 Å². The molecule has 8 heteroatoms. The number of esters is 1. The molecule has 0 saturated heterocycles. The van der Waals surface area contributed by atoms with Gasteiger partial charge in [0, 0.05) is 18.8 Å². The van der Waals surface area contributed by atoms with Crippen LogP contribution in [0, 0.1) is 0 Å². The second kappa shape index (κ2) is 6.78. The first kappa shape index (κ1) is 17.9. The van der Waals surface area contributed by atoms with Crippen LogP contribution in [0.25, 0.3) is 0 Å². The number of carbonyl (C=O) groups excluding carboxylic acids is 1. The molecule has 0 aliphatic carbocycles. The van der Waals surface area contributed by atoms with Crippen molar-refractivity contribution in [3.63, 3.8) is 0 Å². The Bertz CT molecular complexity index is 865. The minimum absolute atomic E-state index is 0.109. The average Bonchev–Trinajstić information content (AvgIpc) is 3.26. The molecule has 1 aliphatic heterocycles. The van der Waals surface area contributed by atoms with Gasteiger partial charge in [-0.05, 0) is 24.6 Å². The van der Waals surface area contributed by atoms with Gasteiger partial charge in [-0.1, -0.05) is 18.2 Å². The summed E-state index contributed by atoms with van der Waals surface area (Å²) in [6.07, 6.45) is 0.409. The average molecular weight is 381 g/mol. The molecule has 0 bridgehead atoms. The van der Waals surface area contributed by atoms with E-state index in [1.807, 2.05) is 31.2 Å². The van der Waals surface area contributed by atoms with Crippen LogP contribution in [0.3, 0.4) is 0 Å². The molecule has 1 aliphatic rings. The van der Waals surface area contributed by atoms with Crippen molar-refractivity contribution >= 4 is 27.3 Å². The monoisotopic (exact) mass is 381 g/mol. The van der Waals surface area contributed by atoms with Crippen molar-refractivity contribution < 1.29 is 22.7 Å². The van der Waals surface area contributed by atoms with E-state index in [1.165, 1.54) is 29.9 Å². The molecule has 1 aromatic heterocycles. The quantitative estimate of drug-likeness (QED) is 0.744. The van der Waals surface area contributed by atoms with Crippen molar-refractivity contribution in [1.82, 2.24) is 4.31 Å². The number of nitrogens with zero attached hydrogens (tertiary/aromatic N) is 1.